The zero-order chi connectivity index (χ0) is 15.8. The van der Waals surface area contributed by atoms with Gasteiger partial charge in [-0.25, -0.2) is 4.79 Å². The highest BCUT2D eigenvalue weighted by Crippen LogP contribution is 2.43. The fourth-order valence-electron chi connectivity index (χ4n) is 2.70. The Hall–Kier alpha value is -2.37. The first-order valence-electron chi connectivity index (χ1n) is 6.68. The van der Waals surface area contributed by atoms with Crippen LogP contribution >= 0.6 is 0 Å². The van der Waals surface area contributed by atoms with Gasteiger partial charge in [-0.3, -0.25) is 14.5 Å². The summed E-state index contributed by atoms with van der Waals surface area (Å²) in [7, 11) is 0. The second-order valence-corrected chi connectivity index (χ2v) is 6.15. The molecule has 6 nitrogen and oxygen atoms in total. The standard InChI is InChI=1S/C15H19N3O3/c1-14(2,3)15(10-7-5-4-6-8-10)12(20)18(9-11(16)19)13(21)17-15/h4-8H,9H2,1-3H3,(H2,16,19)(H,17,21)/t15-/m0/s1. The Kier molecular flexibility index (Phi) is 3.49. The molecule has 1 heterocycles. The molecule has 0 unspecified atom stereocenters. The van der Waals surface area contributed by atoms with Crippen molar-refractivity contribution >= 4 is 17.8 Å². The lowest BCUT2D eigenvalue weighted by atomic mass is 9.69. The van der Waals surface area contributed by atoms with Crippen molar-refractivity contribution in [2.45, 2.75) is 26.3 Å². The second kappa shape index (κ2) is 4.87. The molecule has 0 aromatic heterocycles. The van der Waals surface area contributed by atoms with Crippen LogP contribution in [0.4, 0.5) is 4.79 Å². The Morgan fingerprint density at radius 3 is 2.29 bits per heavy atom. The van der Waals surface area contributed by atoms with Crippen LogP contribution in [0.15, 0.2) is 30.3 Å². The largest absolute Gasteiger partial charge is 0.368 e. The van der Waals surface area contributed by atoms with Gasteiger partial charge in [0.25, 0.3) is 5.91 Å². The Bertz CT molecular complexity index is 592. The van der Waals surface area contributed by atoms with Gasteiger partial charge in [0, 0.05) is 0 Å². The monoisotopic (exact) mass is 289 g/mol. The molecule has 0 aliphatic carbocycles. The summed E-state index contributed by atoms with van der Waals surface area (Å²) in [4.78, 5) is 37.0. The van der Waals surface area contributed by atoms with Crippen LogP contribution in [-0.2, 0) is 15.1 Å². The normalized spacial score (nSPS) is 22.3. The van der Waals surface area contributed by atoms with Crippen molar-refractivity contribution in [3.63, 3.8) is 0 Å². The first kappa shape index (κ1) is 15.0. The number of nitrogens with zero attached hydrogens (tertiary/aromatic N) is 1. The molecule has 1 aliphatic rings. The smallest absolute Gasteiger partial charge is 0.325 e. The fourth-order valence-corrected chi connectivity index (χ4v) is 2.70. The highest BCUT2D eigenvalue weighted by molar-refractivity contribution is 6.09. The number of nitrogens with two attached hydrogens (primary N) is 1. The van der Waals surface area contributed by atoms with Crippen molar-refractivity contribution < 1.29 is 14.4 Å². The van der Waals surface area contributed by atoms with Gasteiger partial charge in [0.15, 0.2) is 5.54 Å². The van der Waals surface area contributed by atoms with E-state index in [1.807, 2.05) is 26.8 Å². The number of amides is 4. The van der Waals surface area contributed by atoms with Crippen LogP contribution in [0.3, 0.4) is 0 Å². The van der Waals surface area contributed by atoms with Crippen LogP contribution in [0.2, 0.25) is 0 Å². The summed E-state index contributed by atoms with van der Waals surface area (Å²) in [6.07, 6.45) is 0. The third-order valence-electron chi connectivity index (χ3n) is 3.75. The van der Waals surface area contributed by atoms with Gasteiger partial charge < -0.3 is 11.1 Å². The number of carbonyl (C=O) groups excluding carboxylic acids is 3. The minimum Gasteiger partial charge on any atom is -0.368 e. The quantitative estimate of drug-likeness (QED) is 0.812. The molecule has 1 aliphatic heterocycles. The van der Waals surface area contributed by atoms with Gasteiger partial charge in [0.1, 0.15) is 6.54 Å². The van der Waals surface area contributed by atoms with Crippen LogP contribution in [0.1, 0.15) is 26.3 Å². The number of imide groups is 1. The van der Waals surface area contributed by atoms with E-state index in [0.29, 0.717) is 5.56 Å². The van der Waals surface area contributed by atoms with Crippen LogP contribution in [0.25, 0.3) is 0 Å². The molecule has 2 rings (SSSR count). The van der Waals surface area contributed by atoms with Gasteiger partial charge in [0.05, 0.1) is 0 Å². The van der Waals surface area contributed by atoms with E-state index >= 15 is 0 Å². The number of benzene rings is 1. The maximum atomic E-state index is 12.9. The summed E-state index contributed by atoms with van der Waals surface area (Å²) < 4.78 is 0. The number of hydrogen-bond donors (Lipinski definition) is 2. The van der Waals surface area contributed by atoms with Crippen molar-refractivity contribution in [2.24, 2.45) is 11.1 Å². The molecule has 0 saturated carbocycles. The molecule has 4 amide bonds. The summed E-state index contributed by atoms with van der Waals surface area (Å²) >= 11 is 0. The van der Waals surface area contributed by atoms with Crippen LogP contribution in [0.5, 0.6) is 0 Å². The van der Waals surface area contributed by atoms with Gasteiger partial charge >= 0.3 is 6.03 Å². The van der Waals surface area contributed by atoms with Crippen molar-refractivity contribution in [3.8, 4) is 0 Å². The van der Waals surface area contributed by atoms with Crippen molar-refractivity contribution in [2.75, 3.05) is 6.54 Å². The van der Waals surface area contributed by atoms with Gasteiger partial charge in [0.2, 0.25) is 5.91 Å². The van der Waals surface area contributed by atoms with Crippen molar-refractivity contribution in [1.29, 1.82) is 0 Å². The molecule has 1 saturated heterocycles. The van der Waals surface area contributed by atoms with Gasteiger partial charge in [-0.2, -0.15) is 0 Å². The molecule has 0 spiro atoms. The number of urea groups is 1. The molecular weight excluding hydrogens is 270 g/mol. The maximum absolute atomic E-state index is 12.9. The molecule has 0 bridgehead atoms. The van der Waals surface area contributed by atoms with Crippen LogP contribution < -0.4 is 11.1 Å². The van der Waals surface area contributed by atoms with Gasteiger partial charge in [-0.1, -0.05) is 51.1 Å². The number of rotatable bonds is 3. The van der Waals surface area contributed by atoms with E-state index in [4.69, 9.17) is 5.73 Å². The molecule has 1 atom stereocenters. The Morgan fingerprint density at radius 1 is 1.24 bits per heavy atom. The third kappa shape index (κ3) is 2.26. The molecule has 1 fully saturated rings. The lowest BCUT2D eigenvalue weighted by Gasteiger charge is -2.39. The first-order chi connectivity index (χ1) is 9.70. The molecule has 1 aromatic carbocycles. The topological polar surface area (TPSA) is 92.5 Å². The summed E-state index contributed by atoms with van der Waals surface area (Å²) in [6.45, 7) is 5.18. The third-order valence-corrected chi connectivity index (χ3v) is 3.75. The lowest BCUT2D eigenvalue weighted by molar-refractivity contribution is -0.138. The number of primary amides is 1. The van der Waals surface area contributed by atoms with Crippen LogP contribution in [0, 0.1) is 5.41 Å². The summed E-state index contributed by atoms with van der Waals surface area (Å²) in [5, 5.41) is 2.76. The number of carbonyl (C=O) groups is 3. The Morgan fingerprint density at radius 2 is 1.81 bits per heavy atom. The van der Waals surface area contributed by atoms with Crippen molar-refractivity contribution in [1.82, 2.24) is 10.2 Å². The van der Waals surface area contributed by atoms with E-state index in [1.165, 1.54) is 0 Å². The van der Waals surface area contributed by atoms with Crippen LogP contribution in [-0.4, -0.2) is 29.3 Å². The predicted molar refractivity (Wildman–Crippen MR) is 77.0 cm³/mol. The molecule has 0 radical (unpaired) electrons. The molecule has 3 N–H and O–H groups in total. The predicted octanol–water partition coefficient (Wildman–Crippen LogP) is 0.965. The van der Waals surface area contributed by atoms with E-state index in [9.17, 15) is 14.4 Å². The minimum absolute atomic E-state index is 0.421. The highest BCUT2D eigenvalue weighted by atomic mass is 16.2. The molecular formula is C15H19N3O3. The fraction of sp³-hybridized carbons (Fsp3) is 0.400. The maximum Gasteiger partial charge on any atom is 0.325 e. The zero-order valence-electron chi connectivity index (χ0n) is 12.3. The molecule has 21 heavy (non-hydrogen) atoms. The van der Waals surface area contributed by atoms with E-state index < -0.39 is 35.3 Å². The van der Waals surface area contributed by atoms with Gasteiger partial charge in [-0.15, -0.1) is 0 Å². The summed E-state index contributed by atoms with van der Waals surface area (Å²) in [5.74, 6) is -1.18. The summed E-state index contributed by atoms with van der Waals surface area (Å²) in [5.41, 5.74) is 4.02. The van der Waals surface area contributed by atoms with E-state index in [0.717, 1.165) is 4.90 Å². The Labute approximate surface area is 123 Å². The molecule has 6 heteroatoms. The van der Waals surface area contributed by atoms with Gasteiger partial charge in [-0.05, 0) is 11.0 Å². The average Bonchev–Trinajstić information content (AvgIpc) is 2.64. The minimum atomic E-state index is -1.21. The van der Waals surface area contributed by atoms with Crippen molar-refractivity contribution in [3.05, 3.63) is 35.9 Å². The van der Waals surface area contributed by atoms with E-state index in [2.05, 4.69) is 5.32 Å². The number of hydrogen-bond acceptors (Lipinski definition) is 3. The molecule has 1 aromatic rings. The van der Waals surface area contributed by atoms with E-state index in [1.54, 1.807) is 24.3 Å². The Balaban J connectivity index is 2.57. The zero-order valence-corrected chi connectivity index (χ0v) is 12.3. The summed E-state index contributed by atoms with van der Waals surface area (Å²) in [6, 6.07) is 8.42. The highest BCUT2D eigenvalue weighted by Gasteiger charge is 2.59. The molecule has 112 valence electrons. The lowest BCUT2D eigenvalue weighted by Crippen LogP contribution is -2.54. The average molecular weight is 289 g/mol. The second-order valence-electron chi connectivity index (χ2n) is 6.15. The number of nitrogens with one attached hydrogen (secondary N) is 1. The first-order valence-corrected chi connectivity index (χ1v) is 6.68. The van der Waals surface area contributed by atoms with E-state index in [-0.39, 0.29) is 0 Å². The SMILES string of the molecule is CC(C)(C)[C@@]1(c2ccccc2)NC(=O)N(CC(N)=O)C1=O.